The van der Waals surface area contributed by atoms with Gasteiger partial charge in [-0.3, -0.25) is 0 Å². The smallest absolute Gasteiger partial charge is 0.319 e. The second-order valence-electron chi connectivity index (χ2n) is 4.34. The van der Waals surface area contributed by atoms with Gasteiger partial charge in [-0.05, 0) is 24.1 Å². The van der Waals surface area contributed by atoms with Crippen LogP contribution in [0.3, 0.4) is 0 Å². The molecule has 1 rings (SSSR count). The summed E-state index contributed by atoms with van der Waals surface area (Å²) in [6.45, 7) is 3.95. The molecular formula is C13H17N3O2. The van der Waals surface area contributed by atoms with Gasteiger partial charge in [0.25, 0.3) is 0 Å². The maximum absolute atomic E-state index is 11.5. The van der Waals surface area contributed by atoms with Crippen molar-refractivity contribution >= 4 is 11.7 Å². The van der Waals surface area contributed by atoms with Gasteiger partial charge in [0, 0.05) is 12.2 Å². The van der Waals surface area contributed by atoms with Crippen molar-refractivity contribution in [3.8, 4) is 6.07 Å². The van der Waals surface area contributed by atoms with Crippen molar-refractivity contribution in [3.05, 3.63) is 29.8 Å². The van der Waals surface area contributed by atoms with Crippen molar-refractivity contribution in [1.29, 1.82) is 5.26 Å². The predicted octanol–water partition coefficient (Wildman–Crippen LogP) is 1.70. The molecule has 1 aromatic carbocycles. The molecule has 0 fully saturated rings. The van der Waals surface area contributed by atoms with E-state index in [2.05, 4.69) is 10.6 Å². The fraction of sp³-hybridized carbons (Fsp3) is 0.385. The Morgan fingerprint density at radius 1 is 1.50 bits per heavy atom. The Hall–Kier alpha value is -2.06. The molecule has 96 valence electrons. The first-order valence-corrected chi connectivity index (χ1v) is 5.76. The normalized spacial score (nSPS) is 11.7. The van der Waals surface area contributed by atoms with E-state index in [9.17, 15) is 9.90 Å². The van der Waals surface area contributed by atoms with Crippen molar-refractivity contribution in [2.75, 3.05) is 11.9 Å². The monoisotopic (exact) mass is 247 g/mol. The predicted molar refractivity (Wildman–Crippen MR) is 69.0 cm³/mol. The Labute approximate surface area is 106 Å². The zero-order valence-corrected chi connectivity index (χ0v) is 10.5. The van der Waals surface area contributed by atoms with Crippen LogP contribution in [0.2, 0.25) is 0 Å². The minimum atomic E-state index is -0.568. The lowest BCUT2D eigenvalue weighted by atomic mass is 10.1. The summed E-state index contributed by atoms with van der Waals surface area (Å²) in [5.41, 5.74) is 1.03. The number of hydrogen-bond donors (Lipinski definition) is 3. The fourth-order valence-corrected chi connectivity index (χ4v) is 1.27. The third-order valence-corrected chi connectivity index (χ3v) is 2.49. The molecule has 0 saturated heterocycles. The Bertz CT molecular complexity index is 452. The Morgan fingerprint density at radius 2 is 2.22 bits per heavy atom. The molecule has 1 unspecified atom stereocenters. The molecule has 0 radical (unpaired) electrons. The molecule has 0 bridgehead atoms. The van der Waals surface area contributed by atoms with Gasteiger partial charge >= 0.3 is 6.03 Å². The van der Waals surface area contributed by atoms with Crippen LogP contribution in [0.1, 0.15) is 19.4 Å². The standard InChI is InChI=1S/C13H17N3O2/c1-9(2)12(17)8-15-13(18)16-11-5-3-4-10(6-11)7-14/h3-6,9,12,17H,8H2,1-2H3,(H2,15,16,18). The number of amides is 2. The number of nitrogens with one attached hydrogen (secondary N) is 2. The van der Waals surface area contributed by atoms with Crippen LogP contribution in [-0.2, 0) is 0 Å². The SMILES string of the molecule is CC(C)C(O)CNC(=O)Nc1cccc(C#N)c1. The van der Waals surface area contributed by atoms with Crippen LogP contribution in [0.25, 0.3) is 0 Å². The first-order valence-electron chi connectivity index (χ1n) is 5.76. The van der Waals surface area contributed by atoms with E-state index in [1.807, 2.05) is 19.9 Å². The number of nitriles is 1. The molecule has 0 aliphatic carbocycles. The maximum atomic E-state index is 11.5. The number of anilines is 1. The summed E-state index contributed by atoms with van der Waals surface area (Å²) >= 11 is 0. The van der Waals surface area contributed by atoms with E-state index in [-0.39, 0.29) is 12.5 Å². The summed E-state index contributed by atoms with van der Waals surface area (Å²) < 4.78 is 0. The van der Waals surface area contributed by atoms with Gasteiger partial charge < -0.3 is 15.7 Å². The van der Waals surface area contributed by atoms with Crippen molar-refractivity contribution in [2.24, 2.45) is 5.92 Å². The summed E-state index contributed by atoms with van der Waals surface area (Å²) in [5, 5.41) is 23.4. The first kappa shape index (κ1) is 14.0. The number of rotatable bonds is 4. The summed E-state index contributed by atoms with van der Waals surface area (Å²) in [4.78, 5) is 11.5. The Balaban J connectivity index is 2.47. The number of carbonyl (C=O) groups excluding carboxylic acids is 1. The Morgan fingerprint density at radius 3 is 2.83 bits per heavy atom. The lowest BCUT2D eigenvalue weighted by molar-refractivity contribution is 0.126. The van der Waals surface area contributed by atoms with E-state index >= 15 is 0 Å². The molecule has 0 aliphatic rings. The van der Waals surface area contributed by atoms with Gasteiger partial charge in [0.15, 0.2) is 0 Å². The zero-order chi connectivity index (χ0) is 13.5. The molecule has 5 nitrogen and oxygen atoms in total. The van der Waals surface area contributed by atoms with E-state index < -0.39 is 12.1 Å². The molecule has 5 heteroatoms. The highest BCUT2D eigenvalue weighted by Crippen LogP contribution is 2.09. The van der Waals surface area contributed by atoms with Gasteiger partial charge in [0.2, 0.25) is 0 Å². The van der Waals surface area contributed by atoms with Crippen LogP contribution < -0.4 is 10.6 Å². The van der Waals surface area contributed by atoms with E-state index in [1.165, 1.54) is 0 Å². The lowest BCUT2D eigenvalue weighted by Gasteiger charge is -2.15. The van der Waals surface area contributed by atoms with Crippen molar-refractivity contribution < 1.29 is 9.90 Å². The molecule has 0 spiro atoms. The van der Waals surface area contributed by atoms with Crippen LogP contribution in [0.15, 0.2) is 24.3 Å². The third kappa shape index (κ3) is 4.44. The molecule has 2 amide bonds. The topological polar surface area (TPSA) is 85.2 Å². The minimum Gasteiger partial charge on any atom is -0.391 e. The summed E-state index contributed by atoms with van der Waals surface area (Å²) in [5.74, 6) is 0.0900. The number of aliphatic hydroxyl groups is 1. The molecule has 0 aliphatic heterocycles. The highest BCUT2D eigenvalue weighted by atomic mass is 16.3. The molecule has 1 aromatic rings. The summed E-state index contributed by atoms with van der Waals surface area (Å²) in [6.07, 6.45) is -0.568. The Kier molecular flexibility index (Phi) is 5.15. The second kappa shape index (κ2) is 6.62. The average Bonchev–Trinajstić information content (AvgIpc) is 2.36. The summed E-state index contributed by atoms with van der Waals surface area (Å²) in [7, 11) is 0. The number of hydrogen-bond acceptors (Lipinski definition) is 3. The molecule has 0 aromatic heterocycles. The van der Waals surface area contributed by atoms with E-state index in [0.717, 1.165) is 0 Å². The van der Waals surface area contributed by atoms with E-state index in [0.29, 0.717) is 11.3 Å². The molecule has 1 atom stereocenters. The highest BCUT2D eigenvalue weighted by molar-refractivity contribution is 5.89. The molecular weight excluding hydrogens is 230 g/mol. The van der Waals surface area contributed by atoms with Crippen LogP contribution in [-0.4, -0.2) is 23.8 Å². The first-order chi connectivity index (χ1) is 8.52. The van der Waals surface area contributed by atoms with Crippen LogP contribution >= 0.6 is 0 Å². The third-order valence-electron chi connectivity index (χ3n) is 2.49. The van der Waals surface area contributed by atoms with Gasteiger partial charge in [-0.15, -0.1) is 0 Å². The van der Waals surface area contributed by atoms with Crippen LogP contribution in [0, 0.1) is 17.2 Å². The number of nitrogens with zero attached hydrogens (tertiary/aromatic N) is 1. The maximum Gasteiger partial charge on any atom is 0.319 e. The van der Waals surface area contributed by atoms with Gasteiger partial charge in [-0.25, -0.2) is 4.79 Å². The largest absolute Gasteiger partial charge is 0.391 e. The fourth-order valence-electron chi connectivity index (χ4n) is 1.27. The van der Waals surface area contributed by atoms with Gasteiger partial charge in [-0.1, -0.05) is 19.9 Å². The van der Waals surface area contributed by atoms with E-state index in [1.54, 1.807) is 24.3 Å². The summed E-state index contributed by atoms with van der Waals surface area (Å²) in [6, 6.07) is 8.22. The molecule has 18 heavy (non-hydrogen) atoms. The highest BCUT2D eigenvalue weighted by Gasteiger charge is 2.10. The second-order valence-corrected chi connectivity index (χ2v) is 4.34. The molecule has 3 N–H and O–H groups in total. The average molecular weight is 247 g/mol. The number of carbonyl (C=O) groups is 1. The van der Waals surface area contributed by atoms with Crippen molar-refractivity contribution in [3.63, 3.8) is 0 Å². The number of urea groups is 1. The lowest BCUT2D eigenvalue weighted by Crippen LogP contribution is -2.37. The van der Waals surface area contributed by atoms with Crippen LogP contribution in [0.5, 0.6) is 0 Å². The number of aliphatic hydroxyl groups excluding tert-OH is 1. The van der Waals surface area contributed by atoms with Crippen molar-refractivity contribution in [1.82, 2.24) is 5.32 Å². The van der Waals surface area contributed by atoms with Crippen LogP contribution in [0.4, 0.5) is 10.5 Å². The van der Waals surface area contributed by atoms with Gasteiger partial charge in [-0.2, -0.15) is 5.26 Å². The molecule has 0 saturated carbocycles. The van der Waals surface area contributed by atoms with Gasteiger partial charge in [0.1, 0.15) is 0 Å². The zero-order valence-electron chi connectivity index (χ0n) is 10.5. The number of benzene rings is 1. The van der Waals surface area contributed by atoms with Crippen molar-refractivity contribution in [2.45, 2.75) is 20.0 Å². The minimum absolute atomic E-state index is 0.0900. The van der Waals surface area contributed by atoms with Gasteiger partial charge in [0.05, 0.1) is 17.7 Å². The molecule has 0 heterocycles. The van der Waals surface area contributed by atoms with E-state index in [4.69, 9.17) is 5.26 Å². The quantitative estimate of drug-likeness (QED) is 0.757.